The number of aromatic nitrogens is 2. The van der Waals surface area contributed by atoms with Crippen molar-refractivity contribution in [1.82, 2.24) is 14.5 Å². The summed E-state index contributed by atoms with van der Waals surface area (Å²) in [6, 6.07) is 6.04. The van der Waals surface area contributed by atoms with Crippen molar-refractivity contribution < 1.29 is 4.74 Å². The summed E-state index contributed by atoms with van der Waals surface area (Å²) in [7, 11) is 4.13. The summed E-state index contributed by atoms with van der Waals surface area (Å²) in [6.07, 6.45) is 0.163. The number of hydrogen-bond acceptors (Lipinski definition) is 3. The first-order valence-corrected chi connectivity index (χ1v) is 7.41. The lowest BCUT2D eigenvalue weighted by atomic mass is 10.3. The van der Waals surface area contributed by atoms with E-state index >= 15 is 0 Å². The van der Waals surface area contributed by atoms with Gasteiger partial charge in [-0.05, 0) is 40.1 Å². The quantitative estimate of drug-likeness (QED) is 0.767. The monoisotopic (exact) mass is 295 g/mol. The van der Waals surface area contributed by atoms with Crippen LogP contribution < -0.4 is 4.74 Å². The highest BCUT2D eigenvalue weighted by molar-refractivity contribution is 6.16. The molecule has 0 atom stereocenters. The van der Waals surface area contributed by atoms with Gasteiger partial charge in [0.05, 0.1) is 23.0 Å². The molecule has 5 heteroatoms. The van der Waals surface area contributed by atoms with Crippen LogP contribution in [0.15, 0.2) is 18.2 Å². The summed E-state index contributed by atoms with van der Waals surface area (Å²) in [6.45, 7) is 5.88. The maximum absolute atomic E-state index is 6.01. The minimum absolute atomic E-state index is 0.163. The predicted octanol–water partition coefficient (Wildman–Crippen LogP) is 3.12. The first-order chi connectivity index (χ1) is 9.51. The molecule has 1 heterocycles. The molecule has 4 nitrogen and oxygen atoms in total. The van der Waals surface area contributed by atoms with Gasteiger partial charge in [-0.2, -0.15) is 0 Å². The number of ether oxygens (including phenoxy) is 1. The molecule has 1 aromatic heterocycles. The minimum Gasteiger partial charge on any atom is -0.491 e. The number of alkyl halides is 1. The summed E-state index contributed by atoms with van der Waals surface area (Å²) in [5, 5.41) is 0. The van der Waals surface area contributed by atoms with E-state index in [0.717, 1.165) is 35.7 Å². The van der Waals surface area contributed by atoms with Crippen LogP contribution in [0.25, 0.3) is 11.0 Å². The molecule has 1 aromatic carbocycles. The van der Waals surface area contributed by atoms with Crippen LogP contribution in [0, 0.1) is 0 Å². The highest BCUT2D eigenvalue weighted by atomic mass is 35.5. The normalized spacial score (nSPS) is 11.8. The third kappa shape index (κ3) is 3.44. The Morgan fingerprint density at radius 1 is 1.35 bits per heavy atom. The van der Waals surface area contributed by atoms with E-state index in [9.17, 15) is 0 Å². The molecule has 110 valence electrons. The predicted molar refractivity (Wildman–Crippen MR) is 83.6 cm³/mol. The zero-order chi connectivity index (χ0) is 14.7. The lowest BCUT2D eigenvalue weighted by molar-refractivity contribution is 0.242. The second-order valence-corrected chi connectivity index (χ2v) is 5.70. The molecule has 0 aliphatic rings. The van der Waals surface area contributed by atoms with Crippen molar-refractivity contribution in [3.05, 3.63) is 24.0 Å². The topological polar surface area (TPSA) is 30.3 Å². The number of likely N-dealkylation sites (N-methyl/N-ethyl adjacent to an activating group) is 1. The van der Waals surface area contributed by atoms with Crippen molar-refractivity contribution in [3.8, 4) is 5.75 Å². The van der Waals surface area contributed by atoms with Crippen molar-refractivity contribution in [2.45, 2.75) is 32.4 Å². The standard InChI is InChI=1S/C15H22ClN3O/c1-11(2)20-12-5-6-14-13(9-12)17-15(10-16)19(14)8-7-18(3)4/h5-6,9,11H,7-8,10H2,1-4H3. The average molecular weight is 296 g/mol. The third-order valence-electron chi connectivity index (χ3n) is 3.06. The van der Waals surface area contributed by atoms with Gasteiger partial charge in [-0.3, -0.25) is 0 Å². The van der Waals surface area contributed by atoms with Crippen molar-refractivity contribution in [2.24, 2.45) is 0 Å². The Bertz CT molecular complexity index is 578. The van der Waals surface area contributed by atoms with Crippen LogP contribution in [0.4, 0.5) is 0 Å². The number of imidazole rings is 1. The van der Waals surface area contributed by atoms with Gasteiger partial charge in [0.15, 0.2) is 0 Å². The van der Waals surface area contributed by atoms with E-state index in [1.165, 1.54) is 0 Å². The fourth-order valence-corrected chi connectivity index (χ4v) is 2.36. The van der Waals surface area contributed by atoms with Crippen molar-refractivity contribution >= 4 is 22.6 Å². The SMILES string of the molecule is CC(C)Oc1ccc2c(c1)nc(CCl)n2CCN(C)C. The number of fused-ring (bicyclic) bond motifs is 1. The average Bonchev–Trinajstić information content (AvgIpc) is 2.72. The molecule has 0 amide bonds. The summed E-state index contributed by atoms with van der Waals surface area (Å²) in [4.78, 5) is 6.76. The molecule has 2 aromatic rings. The lowest BCUT2D eigenvalue weighted by Crippen LogP contribution is -2.19. The van der Waals surface area contributed by atoms with Crippen molar-refractivity contribution in [1.29, 1.82) is 0 Å². The summed E-state index contributed by atoms with van der Waals surface area (Å²) in [5.41, 5.74) is 2.05. The number of rotatable bonds is 6. The summed E-state index contributed by atoms with van der Waals surface area (Å²) < 4.78 is 7.89. The first kappa shape index (κ1) is 15.1. The number of hydrogen-bond donors (Lipinski definition) is 0. The van der Waals surface area contributed by atoms with Gasteiger partial charge in [0.25, 0.3) is 0 Å². The Labute approximate surface area is 125 Å². The van der Waals surface area contributed by atoms with Crippen LogP contribution in [-0.2, 0) is 12.4 Å². The molecule has 20 heavy (non-hydrogen) atoms. The highest BCUT2D eigenvalue weighted by Gasteiger charge is 2.11. The zero-order valence-electron chi connectivity index (χ0n) is 12.6. The van der Waals surface area contributed by atoms with E-state index in [-0.39, 0.29) is 6.10 Å². The van der Waals surface area contributed by atoms with Gasteiger partial charge < -0.3 is 14.2 Å². The lowest BCUT2D eigenvalue weighted by Gasteiger charge is -2.13. The molecular weight excluding hydrogens is 274 g/mol. The van der Waals surface area contributed by atoms with Crippen LogP contribution in [0.1, 0.15) is 19.7 Å². The van der Waals surface area contributed by atoms with Crippen molar-refractivity contribution in [3.63, 3.8) is 0 Å². The second kappa shape index (κ2) is 6.46. The Morgan fingerprint density at radius 3 is 2.70 bits per heavy atom. The van der Waals surface area contributed by atoms with Crippen LogP contribution in [0.5, 0.6) is 5.75 Å². The molecule has 0 unspecified atom stereocenters. The Morgan fingerprint density at radius 2 is 2.10 bits per heavy atom. The molecule has 2 rings (SSSR count). The van der Waals surface area contributed by atoms with Gasteiger partial charge in [-0.15, -0.1) is 11.6 Å². The first-order valence-electron chi connectivity index (χ1n) is 6.87. The molecule has 0 saturated carbocycles. The fourth-order valence-electron chi connectivity index (χ4n) is 2.16. The molecule has 0 radical (unpaired) electrons. The van der Waals surface area contributed by atoms with Gasteiger partial charge >= 0.3 is 0 Å². The summed E-state index contributed by atoms with van der Waals surface area (Å²) >= 11 is 6.01. The van der Waals surface area contributed by atoms with E-state index in [1.54, 1.807) is 0 Å². The molecule has 0 fully saturated rings. The van der Waals surface area contributed by atoms with Gasteiger partial charge in [-0.1, -0.05) is 0 Å². The van der Waals surface area contributed by atoms with Gasteiger partial charge in [0.1, 0.15) is 11.6 Å². The van der Waals surface area contributed by atoms with Crippen molar-refractivity contribution in [2.75, 3.05) is 20.6 Å². The van der Waals surface area contributed by atoms with E-state index < -0.39 is 0 Å². The maximum atomic E-state index is 6.01. The largest absolute Gasteiger partial charge is 0.491 e. The second-order valence-electron chi connectivity index (χ2n) is 5.43. The van der Waals surface area contributed by atoms with Crippen LogP contribution >= 0.6 is 11.6 Å². The highest BCUT2D eigenvalue weighted by Crippen LogP contribution is 2.23. The number of halogens is 1. The molecule has 0 saturated heterocycles. The minimum atomic E-state index is 0.163. The zero-order valence-corrected chi connectivity index (χ0v) is 13.3. The van der Waals surface area contributed by atoms with E-state index in [2.05, 4.69) is 34.6 Å². The van der Waals surface area contributed by atoms with Gasteiger partial charge in [-0.25, -0.2) is 4.98 Å². The van der Waals surface area contributed by atoms with Gasteiger partial charge in [0, 0.05) is 19.2 Å². The van der Waals surface area contributed by atoms with E-state index in [4.69, 9.17) is 16.3 Å². The van der Waals surface area contributed by atoms with Gasteiger partial charge in [0.2, 0.25) is 0 Å². The Hall–Kier alpha value is -1.26. The Kier molecular flexibility index (Phi) is 4.89. The molecule has 0 N–H and O–H groups in total. The number of benzene rings is 1. The van der Waals surface area contributed by atoms with E-state index in [0.29, 0.717) is 5.88 Å². The van der Waals surface area contributed by atoms with Crippen LogP contribution in [0.2, 0.25) is 0 Å². The van der Waals surface area contributed by atoms with E-state index in [1.807, 2.05) is 26.0 Å². The van der Waals surface area contributed by atoms with Crippen LogP contribution in [0.3, 0.4) is 0 Å². The third-order valence-corrected chi connectivity index (χ3v) is 3.30. The molecular formula is C15H22ClN3O. The smallest absolute Gasteiger partial charge is 0.124 e. The molecule has 0 spiro atoms. The Balaban J connectivity index is 2.36. The molecule has 0 aliphatic carbocycles. The van der Waals surface area contributed by atoms with Crippen LogP contribution in [-0.4, -0.2) is 41.2 Å². The molecule has 0 bridgehead atoms. The summed E-state index contributed by atoms with van der Waals surface area (Å²) in [5.74, 6) is 2.18. The maximum Gasteiger partial charge on any atom is 0.124 e. The number of nitrogens with zero attached hydrogens (tertiary/aromatic N) is 3. The molecule has 0 aliphatic heterocycles. The fraction of sp³-hybridized carbons (Fsp3) is 0.533.